The van der Waals surface area contributed by atoms with Gasteiger partial charge in [-0.05, 0) is 42.0 Å². The van der Waals surface area contributed by atoms with Crippen LogP contribution >= 0.6 is 0 Å². The van der Waals surface area contributed by atoms with Crippen LogP contribution in [0.2, 0.25) is 0 Å². The summed E-state index contributed by atoms with van der Waals surface area (Å²) in [6.07, 6.45) is -0.477. The zero-order chi connectivity index (χ0) is 11.5. The van der Waals surface area contributed by atoms with E-state index < -0.39 is 6.10 Å². The summed E-state index contributed by atoms with van der Waals surface area (Å²) >= 11 is 0. The van der Waals surface area contributed by atoms with Crippen LogP contribution in [-0.2, 0) is 0 Å². The van der Waals surface area contributed by atoms with Crippen LogP contribution in [-0.4, -0.2) is 11.2 Å². The summed E-state index contributed by atoms with van der Waals surface area (Å²) in [5, 5.41) is 19.9. The first kappa shape index (κ1) is 10.3. The lowest BCUT2D eigenvalue weighted by atomic mass is 10.1. The highest BCUT2D eigenvalue weighted by molar-refractivity contribution is 5.85. The molecule has 0 fully saturated rings. The summed E-state index contributed by atoms with van der Waals surface area (Å²) in [6, 6.07) is 12.7. The zero-order valence-electron chi connectivity index (χ0n) is 8.84. The van der Waals surface area contributed by atoms with E-state index in [2.05, 4.69) is 0 Å². The molecule has 1 N–H and O–H groups in total. The molecule has 0 radical (unpaired) electrons. The summed E-state index contributed by atoms with van der Waals surface area (Å²) < 4.78 is 5.37. The van der Waals surface area contributed by atoms with Crippen molar-refractivity contribution >= 4 is 10.8 Å². The molecular formula is C13H11NO2. The molecule has 0 aromatic heterocycles. The van der Waals surface area contributed by atoms with Crippen molar-refractivity contribution in [1.29, 1.82) is 5.26 Å². The van der Waals surface area contributed by atoms with Gasteiger partial charge in [0.2, 0.25) is 0 Å². The fraction of sp³-hybridized carbons (Fsp3) is 0.154. The lowest BCUT2D eigenvalue weighted by Gasteiger charge is -2.08. The van der Waals surface area contributed by atoms with E-state index in [1.807, 2.05) is 30.3 Å². The van der Waals surface area contributed by atoms with E-state index in [-0.39, 0.29) is 5.75 Å². The maximum absolute atomic E-state index is 9.36. The van der Waals surface area contributed by atoms with Crippen molar-refractivity contribution in [2.45, 2.75) is 13.0 Å². The Labute approximate surface area is 93.5 Å². The quantitative estimate of drug-likeness (QED) is 0.834. The molecule has 0 saturated heterocycles. The second-order valence-corrected chi connectivity index (χ2v) is 3.58. The summed E-state index contributed by atoms with van der Waals surface area (Å²) in [5.74, 6) is 0.852. The Morgan fingerprint density at radius 3 is 2.69 bits per heavy atom. The smallest absolute Gasteiger partial charge is 0.181 e. The van der Waals surface area contributed by atoms with Crippen LogP contribution in [0.1, 0.15) is 6.92 Å². The third-order valence-corrected chi connectivity index (χ3v) is 2.29. The van der Waals surface area contributed by atoms with Crippen LogP contribution in [0.5, 0.6) is 11.5 Å². The summed E-state index contributed by atoms with van der Waals surface area (Å²) in [4.78, 5) is 0. The fourth-order valence-electron chi connectivity index (χ4n) is 1.52. The first-order valence-electron chi connectivity index (χ1n) is 4.98. The number of rotatable bonds is 2. The molecule has 3 heteroatoms. The molecule has 0 amide bonds. The SMILES string of the molecule is CC(C#N)Oc1ccc2ccc(O)cc2c1. The van der Waals surface area contributed by atoms with Gasteiger partial charge in [0.25, 0.3) is 0 Å². The van der Waals surface area contributed by atoms with Crippen molar-refractivity contribution in [2.75, 3.05) is 0 Å². The van der Waals surface area contributed by atoms with Crippen molar-refractivity contribution in [2.24, 2.45) is 0 Å². The Morgan fingerprint density at radius 1 is 1.19 bits per heavy atom. The predicted octanol–water partition coefficient (Wildman–Crippen LogP) is 2.84. The molecule has 2 aromatic rings. The zero-order valence-corrected chi connectivity index (χ0v) is 8.84. The Hall–Kier alpha value is -2.21. The number of phenolic OH excluding ortho intramolecular Hbond substituents is 1. The molecule has 0 aliphatic rings. The van der Waals surface area contributed by atoms with Crippen LogP contribution in [0.25, 0.3) is 10.8 Å². The molecule has 1 atom stereocenters. The van der Waals surface area contributed by atoms with Gasteiger partial charge in [0, 0.05) is 0 Å². The minimum Gasteiger partial charge on any atom is -0.508 e. The van der Waals surface area contributed by atoms with Crippen molar-refractivity contribution in [1.82, 2.24) is 0 Å². The Kier molecular flexibility index (Phi) is 2.65. The molecule has 2 rings (SSSR count). The van der Waals surface area contributed by atoms with Crippen molar-refractivity contribution in [3.8, 4) is 17.6 Å². The molecule has 0 aliphatic carbocycles. The monoisotopic (exact) mass is 213 g/mol. The standard InChI is InChI=1S/C13H11NO2/c1-9(8-14)16-13-5-3-10-2-4-12(15)6-11(10)7-13/h2-7,9,15H,1H3. The average molecular weight is 213 g/mol. The highest BCUT2D eigenvalue weighted by Gasteiger charge is 2.03. The first-order valence-corrected chi connectivity index (χ1v) is 4.98. The second kappa shape index (κ2) is 4.11. The number of hydrogen-bond acceptors (Lipinski definition) is 3. The predicted molar refractivity (Wildman–Crippen MR) is 61.3 cm³/mol. The average Bonchev–Trinajstić information content (AvgIpc) is 2.28. The minimum absolute atomic E-state index is 0.220. The highest BCUT2D eigenvalue weighted by atomic mass is 16.5. The van der Waals surface area contributed by atoms with E-state index >= 15 is 0 Å². The molecule has 0 spiro atoms. The fourth-order valence-corrected chi connectivity index (χ4v) is 1.52. The number of phenols is 1. The summed E-state index contributed by atoms with van der Waals surface area (Å²) in [7, 11) is 0. The van der Waals surface area contributed by atoms with Crippen molar-refractivity contribution in [3.63, 3.8) is 0 Å². The molecule has 0 saturated carbocycles. The van der Waals surface area contributed by atoms with Crippen LogP contribution in [0.15, 0.2) is 36.4 Å². The van der Waals surface area contributed by atoms with E-state index in [9.17, 15) is 5.11 Å². The molecule has 16 heavy (non-hydrogen) atoms. The van der Waals surface area contributed by atoms with Crippen LogP contribution in [0, 0.1) is 11.3 Å². The van der Waals surface area contributed by atoms with Crippen LogP contribution in [0.3, 0.4) is 0 Å². The largest absolute Gasteiger partial charge is 0.508 e. The minimum atomic E-state index is -0.477. The number of ether oxygens (including phenoxy) is 1. The normalized spacial score (nSPS) is 12.0. The summed E-state index contributed by atoms with van der Waals surface area (Å²) in [6.45, 7) is 1.69. The number of aromatic hydroxyl groups is 1. The Balaban J connectivity index is 2.39. The maximum Gasteiger partial charge on any atom is 0.181 e. The number of hydrogen-bond donors (Lipinski definition) is 1. The second-order valence-electron chi connectivity index (χ2n) is 3.58. The van der Waals surface area contributed by atoms with E-state index in [0.717, 1.165) is 10.8 Å². The first-order chi connectivity index (χ1) is 7.69. The van der Waals surface area contributed by atoms with E-state index in [0.29, 0.717) is 5.75 Å². The van der Waals surface area contributed by atoms with Crippen molar-refractivity contribution in [3.05, 3.63) is 36.4 Å². The third-order valence-electron chi connectivity index (χ3n) is 2.29. The Bertz CT molecular complexity index is 557. The molecule has 1 unspecified atom stereocenters. The molecule has 0 bridgehead atoms. The van der Waals surface area contributed by atoms with Gasteiger partial charge in [-0.15, -0.1) is 0 Å². The Morgan fingerprint density at radius 2 is 1.94 bits per heavy atom. The van der Waals surface area contributed by atoms with Gasteiger partial charge < -0.3 is 9.84 Å². The number of fused-ring (bicyclic) bond motifs is 1. The molecule has 0 heterocycles. The maximum atomic E-state index is 9.36. The molecular weight excluding hydrogens is 202 g/mol. The van der Waals surface area contributed by atoms with Gasteiger partial charge in [-0.25, -0.2) is 0 Å². The van der Waals surface area contributed by atoms with Gasteiger partial charge in [0.05, 0.1) is 0 Å². The summed E-state index contributed by atoms with van der Waals surface area (Å²) in [5.41, 5.74) is 0. The third kappa shape index (κ3) is 2.06. The van der Waals surface area contributed by atoms with Crippen LogP contribution < -0.4 is 4.74 Å². The number of nitriles is 1. The lowest BCUT2D eigenvalue weighted by Crippen LogP contribution is -2.07. The topological polar surface area (TPSA) is 53.2 Å². The van der Waals surface area contributed by atoms with Gasteiger partial charge in [-0.2, -0.15) is 5.26 Å². The van der Waals surface area contributed by atoms with Gasteiger partial charge >= 0.3 is 0 Å². The van der Waals surface area contributed by atoms with Gasteiger partial charge in [0.15, 0.2) is 6.10 Å². The van der Waals surface area contributed by atoms with Gasteiger partial charge in [0.1, 0.15) is 17.6 Å². The van der Waals surface area contributed by atoms with E-state index in [4.69, 9.17) is 10.00 Å². The van der Waals surface area contributed by atoms with Gasteiger partial charge in [-0.1, -0.05) is 12.1 Å². The van der Waals surface area contributed by atoms with Gasteiger partial charge in [-0.3, -0.25) is 0 Å². The highest BCUT2D eigenvalue weighted by Crippen LogP contribution is 2.24. The molecule has 2 aromatic carbocycles. The molecule has 3 nitrogen and oxygen atoms in total. The molecule has 0 aliphatic heterocycles. The number of nitrogens with zero attached hydrogens (tertiary/aromatic N) is 1. The lowest BCUT2D eigenvalue weighted by molar-refractivity contribution is 0.277. The number of benzene rings is 2. The van der Waals surface area contributed by atoms with Crippen LogP contribution in [0.4, 0.5) is 0 Å². The van der Waals surface area contributed by atoms with Crippen molar-refractivity contribution < 1.29 is 9.84 Å². The van der Waals surface area contributed by atoms with E-state index in [1.54, 1.807) is 19.1 Å². The molecule has 80 valence electrons. The van der Waals surface area contributed by atoms with E-state index in [1.165, 1.54) is 0 Å².